The molecule has 4 heterocycles. The Morgan fingerprint density at radius 2 is 2.03 bits per heavy atom. The number of aryl methyl sites for hydroxylation is 1. The number of alkyl halides is 2. The molecule has 164 valence electrons. The third kappa shape index (κ3) is 3.29. The second kappa shape index (κ2) is 7.55. The van der Waals surface area contributed by atoms with E-state index in [1.807, 2.05) is 6.92 Å². The average Bonchev–Trinajstić information content (AvgIpc) is 3.37. The van der Waals surface area contributed by atoms with Gasteiger partial charge in [-0.15, -0.1) is 15.3 Å². The zero-order valence-electron chi connectivity index (χ0n) is 17.0. The molecule has 0 spiro atoms. The maximum Gasteiger partial charge on any atom is 0.387 e. The number of amides is 1. The second-order valence-electron chi connectivity index (χ2n) is 7.18. The topological polar surface area (TPSA) is 108 Å². The fourth-order valence-electron chi connectivity index (χ4n) is 3.92. The van der Waals surface area contributed by atoms with Crippen molar-refractivity contribution in [2.75, 3.05) is 12.4 Å². The van der Waals surface area contributed by atoms with Crippen molar-refractivity contribution in [3.8, 4) is 17.3 Å². The van der Waals surface area contributed by atoms with Crippen LogP contribution in [0.1, 0.15) is 29.2 Å². The summed E-state index contributed by atoms with van der Waals surface area (Å²) in [5.74, 6) is 0.476. The lowest BCUT2D eigenvalue weighted by Crippen LogP contribution is -2.25. The molecule has 0 radical (unpaired) electrons. The zero-order chi connectivity index (χ0) is 22.4. The number of aromatic nitrogens is 6. The van der Waals surface area contributed by atoms with Crippen LogP contribution in [0.5, 0.6) is 11.5 Å². The number of carbonyl (C=O) groups is 1. The molecule has 0 fully saturated rings. The highest BCUT2D eigenvalue weighted by molar-refractivity contribution is 5.95. The number of nitrogens with zero attached hydrogens (tertiary/aromatic N) is 6. The van der Waals surface area contributed by atoms with Crippen LogP contribution in [0.15, 0.2) is 36.7 Å². The number of methoxy groups -OCH3 is 1. The Morgan fingerprint density at radius 3 is 2.81 bits per heavy atom. The van der Waals surface area contributed by atoms with Gasteiger partial charge < -0.3 is 14.8 Å². The van der Waals surface area contributed by atoms with Gasteiger partial charge in [0, 0.05) is 17.9 Å². The first-order chi connectivity index (χ1) is 15.4. The van der Waals surface area contributed by atoms with Gasteiger partial charge in [0.1, 0.15) is 12.1 Å². The number of hydrogen-bond acceptors (Lipinski definition) is 7. The standard InChI is InChI=1S/C20H17F2N7O3/c1-10-18-12(11-3-4-13(32-20(21)22)14(7-11)31-2)8-17(30)24-19(18)29(26-10)16-6-5-15-25-23-9-28(15)27-16/h3-7,9,12,20H,8H2,1-2H3,(H,24,30)/t12-/m1/s1. The molecule has 3 aromatic heterocycles. The van der Waals surface area contributed by atoms with Gasteiger partial charge >= 0.3 is 6.61 Å². The molecule has 0 saturated carbocycles. The van der Waals surface area contributed by atoms with Gasteiger partial charge in [0.15, 0.2) is 23.0 Å². The number of halogens is 2. The lowest BCUT2D eigenvalue weighted by molar-refractivity contribution is -0.116. The summed E-state index contributed by atoms with van der Waals surface area (Å²) in [6.07, 6.45) is 1.63. The van der Waals surface area contributed by atoms with Crippen LogP contribution < -0.4 is 14.8 Å². The summed E-state index contributed by atoms with van der Waals surface area (Å²) in [6, 6.07) is 8.13. The van der Waals surface area contributed by atoms with Gasteiger partial charge in [0.2, 0.25) is 5.91 Å². The normalized spacial score (nSPS) is 15.7. The summed E-state index contributed by atoms with van der Waals surface area (Å²) in [5.41, 5.74) is 2.79. The van der Waals surface area contributed by atoms with Gasteiger partial charge in [-0.05, 0) is 36.8 Å². The number of carbonyl (C=O) groups excluding carboxylic acids is 1. The lowest BCUT2D eigenvalue weighted by atomic mass is 9.85. The first-order valence-electron chi connectivity index (χ1n) is 9.64. The monoisotopic (exact) mass is 441 g/mol. The molecule has 10 nitrogen and oxygen atoms in total. The van der Waals surface area contributed by atoms with Crippen molar-refractivity contribution in [2.24, 2.45) is 0 Å². The van der Waals surface area contributed by atoms with Crippen molar-refractivity contribution < 1.29 is 23.0 Å². The Morgan fingerprint density at radius 1 is 1.19 bits per heavy atom. The summed E-state index contributed by atoms with van der Waals surface area (Å²) in [7, 11) is 1.37. The number of hydrogen-bond donors (Lipinski definition) is 1. The summed E-state index contributed by atoms with van der Waals surface area (Å²) in [4.78, 5) is 12.6. The smallest absolute Gasteiger partial charge is 0.387 e. The number of benzene rings is 1. The Hall–Kier alpha value is -4.09. The molecule has 1 aliphatic heterocycles. The van der Waals surface area contributed by atoms with E-state index in [-0.39, 0.29) is 29.7 Å². The maximum absolute atomic E-state index is 12.7. The van der Waals surface area contributed by atoms with Crippen LogP contribution in [-0.2, 0) is 4.79 Å². The van der Waals surface area contributed by atoms with Gasteiger partial charge in [-0.25, -0.2) is 0 Å². The van der Waals surface area contributed by atoms with E-state index in [9.17, 15) is 13.6 Å². The predicted molar refractivity (Wildman–Crippen MR) is 107 cm³/mol. The third-order valence-corrected chi connectivity index (χ3v) is 5.27. The molecule has 12 heteroatoms. The number of ether oxygens (including phenoxy) is 2. The Balaban J connectivity index is 1.60. The van der Waals surface area contributed by atoms with Crippen LogP contribution >= 0.6 is 0 Å². The van der Waals surface area contributed by atoms with E-state index in [0.717, 1.165) is 5.56 Å². The van der Waals surface area contributed by atoms with Crippen LogP contribution in [0.2, 0.25) is 0 Å². The summed E-state index contributed by atoms with van der Waals surface area (Å²) >= 11 is 0. The Bertz CT molecular complexity index is 1330. The maximum atomic E-state index is 12.7. The van der Waals surface area contributed by atoms with Crippen molar-refractivity contribution in [2.45, 2.75) is 25.9 Å². The molecule has 0 bridgehead atoms. The van der Waals surface area contributed by atoms with E-state index < -0.39 is 6.61 Å². The molecule has 0 saturated heterocycles. The van der Waals surface area contributed by atoms with Crippen LogP contribution in [0, 0.1) is 6.92 Å². The number of rotatable bonds is 5. The highest BCUT2D eigenvalue weighted by atomic mass is 19.3. The van der Waals surface area contributed by atoms with E-state index in [1.165, 1.54) is 24.0 Å². The fourth-order valence-corrected chi connectivity index (χ4v) is 3.92. The molecule has 0 unspecified atom stereocenters. The molecular weight excluding hydrogens is 424 g/mol. The molecule has 32 heavy (non-hydrogen) atoms. The van der Waals surface area contributed by atoms with Crippen LogP contribution in [0.4, 0.5) is 14.6 Å². The highest BCUT2D eigenvalue weighted by Crippen LogP contribution is 2.42. The average molecular weight is 441 g/mol. The largest absolute Gasteiger partial charge is 0.493 e. The Labute approximate surface area is 179 Å². The van der Waals surface area contributed by atoms with Crippen molar-refractivity contribution in [3.63, 3.8) is 0 Å². The number of anilines is 1. The second-order valence-corrected chi connectivity index (χ2v) is 7.18. The van der Waals surface area contributed by atoms with Crippen molar-refractivity contribution in [3.05, 3.63) is 53.5 Å². The van der Waals surface area contributed by atoms with E-state index in [4.69, 9.17) is 4.74 Å². The van der Waals surface area contributed by atoms with E-state index in [1.54, 1.807) is 28.9 Å². The molecule has 0 aliphatic carbocycles. The molecule has 1 atom stereocenters. The number of nitrogens with one attached hydrogen (secondary N) is 1. The first-order valence-corrected chi connectivity index (χ1v) is 9.64. The molecular formula is C20H17F2N7O3. The first kappa shape index (κ1) is 19.8. The fraction of sp³-hybridized carbons (Fsp3) is 0.250. The van der Waals surface area contributed by atoms with E-state index >= 15 is 0 Å². The summed E-state index contributed by atoms with van der Waals surface area (Å²) < 4.78 is 38.2. The van der Waals surface area contributed by atoms with Crippen molar-refractivity contribution in [1.82, 2.24) is 29.6 Å². The highest BCUT2D eigenvalue weighted by Gasteiger charge is 2.33. The zero-order valence-corrected chi connectivity index (χ0v) is 17.0. The minimum absolute atomic E-state index is 0.0782. The molecule has 4 aromatic rings. The quantitative estimate of drug-likeness (QED) is 0.507. The molecule has 5 rings (SSSR count). The van der Waals surface area contributed by atoms with Gasteiger partial charge in [-0.3, -0.25) is 4.79 Å². The van der Waals surface area contributed by atoms with Gasteiger partial charge in [0.25, 0.3) is 0 Å². The van der Waals surface area contributed by atoms with Gasteiger partial charge in [-0.1, -0.05) is 6.07 Å². The number of fused-ring (bicyclic) bond motifs is 2. The third-order valence-electron chi connectivity index (χ3n) is 5.27. The minimum Gasteiger partial charge on any atom is -0.493 e. The van der Waals surface area contributed by atoms with Crippen LogP contribution in [0.25, 0.3) is 11.5 Å². The Kier molecular flexibility index (Phi) is 4.68. The molecule has 1 aliphatic rings. The lowest BCUT2D eigenvalue weighted by Gasteiger charge is -2.25. The van der Waals surface area contributed by atoms with Crippen molar-refractivity contribution >= 4 is 17.4 Å². The summed E-state index contributed by atoms with van der Waals surface area (Å²) in [5, 5.41) is 19.7. The van der Waals surface area contributed by atoms with Crippen molar-refractivity contribution in [1.29, 1.82) is 0 Å². The van der Waals surface area contributed by atoms with Crippen LogP contribution in [0.3, 0.4) is 0 Å². The van der Waals surface area contributed by atoms with Gasteiger partial charge in [0.05, 0.1) is 12.8 Å². The minimum atomic E-state index is -2.97. The van der Waals surface area contributed by atoms with E-state index in [2.05, 4.69) is 30.4 Å². The molecule has 1 amide bonds. The summed E-state index contributed by atoms with van der Waals surface area (Å²) in [6.45, 7) is -1.14. The SMILES string of the molecule is COc1cc([C@H]2CC(=O)Nc3c2c(C)nn3-c2ccc3nncn3n2)ccc1OC(F)F. The molecule has 1 aromatic carbocycles. The van der Waals surface area contributed by atoms with E-state index in [0.29, 0.717) is 28.5 Å². The van der Waals surface area contributed by atoms with Crippen LogP contribution in [-0.4, -0.2) is 49.2 Å². The van der Waals surface area contributed by atoms with Gasteiger partial charge in [-0.2, -0.15) is 23.1 Å². The predicted octanol–water partition coefficient (Wildman–Crippen LogP) is 2.70. The molecule has 1 N–H and O–H groups in total.